The molecule has 0 saturated carbocycles. The number of rotatable bonds is 3. The van der Waals surface area contributed by atoms with Crippen LogP contribution < -0.4 is 4.74 Å². The third-order valence-electron chi connectivity index (χ3n) is 4.13. The van der Waals surface area contributed by atoms with Gasteiger partial charge in [-0.2, -0.15) is 10.4 Å². The minimum absolute atomic E-state index is 0.0176. The maximum Gasteiger partial charge on any atom is 0.264 e. The van der Waals surface area contributed by atoms with Gasteiger partial charge in [-0.3, -0.25) is 9.48 Å². The summed E-state index contributed by atoms with van der Waals surface area (Å²) in [4.78, 5) is 19.5. The van der Waals surface area contributed by atoms with Gasteiger partial charge < -0.3 is 9.64 Å². The van der Waals surface area contributed by atoms with Crippen molar-refractivity contribution in [3.05, 3.63) is 64.2 Å². The fraction of sp³-hybridized carbons (Fsp3) is 0.222. The predicted octanol–water partition coefficient (Wildman–Crippen LogP) is 2.31. The second kappa shape index (κ2) is 6.98. The smallest absolute Gasteiger partial charge is 0.264 e. The summed E-state index contributed by atoms with van der Waals surface area (Å²) in [5.41, 5.74) is 1.44. The minimum Gasteiger partial charge on any atom is -0.470 e. The van der Waals surface area contributed by atoms with Crippen LogP contribution in [0.5, 0.6) is 5.88 Å². The Labute approximate surface area is 154 Å². The third-order valence-corrected chi connectivity index (χ3v) is 4.99. The van der Waals surface area contributed by atoms with Crippen molar-refractivity contribution in [3.63, 3.8) is 0 Å². The molecule has 0 bridgehead atoms. The number of carbonyl (C=O) groups is 1. The van der Waals surface area contributed by atoms with Gasteiger partial charge in [0, 0.05) is 18.5 Å². The number of ether oxygens (including phenoxy) is 1. The highest BCUT2D eigenvalue weighted by Gasteiger charge is 2.28. The molecule has 1 unspecified atom stereocenters. The van der Waals surface area contributed by atoms with Gasteiger partial charge in [0.2, 0.25) is 5.88 Å². The molecular formula is C18H15N5O2S. The Balaban J connectivity index is 1.57. The topological polar surface area (TPSA) is 84.0 Å². The first kappa shape index (κ1) is 16.3. The van der Waals surface area contributed by atoms with E-state index in [-0.39, 0.29) is 12.0 Å². The Bertz CT molecular complexity index is 943. The summed E-state index contributed by atoms with van der Waals surface area (Å²) in [6.07, 6.45) is 2.91. The minimum atomic E-state index is -0.291. The van der Waals surface area contributed by atoms with Crippen LogP contribution in [0, 0.1) is 11.3 Å². The van der Waals surface area contributed by atoms with E-state index in [0.717, 1.165) is 5.69 Å². The zero-order valence-electron chi connectivity index (χ0n) is 13.8. The molecule has 0 radical (unpaired) electrons. The van der Waals surface area contributed by atoms with E-state index in [9.17, 15) is 4.79 Å². The molecule has 1 aliphatic heterocycles. The second-order valence-electron chi connectivity index (χ2n) is 5.90. The maximum absolute atomic E-state index is 12.8. The van der Waals surface area contributed by atoms with E-state index in [1.807, 2.05) is 34.3 Å². The quantitative estimate of drug-likeness (QED) is 0.711. The first-order valence-electron chi connectivity index (χ1n) is 8.09. The molecule has 1 amide bonds. The first-order valence-corrected chi connectivity index (χ1v) is 8.97. The van der Waals surface area contributed by atoms with E-state index in [2.05, 4.69) is 10.1 Å². The lowest BCUT2D eigenvalue weighted by Crippen LogP contribution is -2.38. The number of nitriles is 1. The van der Waals surface area contributed by atoms with Crippen LogP contribution >= 0.6 is 11.3 Å². The SMILES string of the molecule is N#Cc1ccc(OC2CN(C(=O)c3cccs3)Cc3ccnn3C2)nc1. The molecule has 0 aliphatic carbocycles. The van der Waals surface area contributed by atoms with Crippen LogP contribution in [0.15, 0.2) is 48.1 Å². The highest BCUT2D eigenvalue weighted by atomic mass is 32.1. The number of pyridine rings is 1. The lowest BCUT2D eigenvalue weighted by Gasteiger charge is -2.24. The highest BCUT2D eigenvalue weighted by Crippen LogP contribution is 2.20. The Kier molecular flexibility index (Phi) is 4.37. The Hall–Kier alpha value is -3.18. The Morgan fingerprint density at radius 3 is 2.96 bits per heavy atom. The normalized spacial score (nSPS) is 16.4. The monoisotopic (exact) mass is 365 g/mol. The predicted molar refractivity (Wildman–Crippen MR) is 94.7 cm³/mol. The van der Waals surface area contributed by atoms with Gasteiger partial charge in [-0.05, 0) is 23.6 Å². The van der Waals surface area contributed by atoms with Crippen molar-refractivity contribution in [2.24, 2.45) is 0 Å². The molecule has 0 aromatic carbocycles. The van der Waals surface area contributed by atoms with Crippen molar-refractivity contribution >= 4 is 17.2 Å². The Morgan fingerprint density at radius 1 is 1.31 bits per heavy atom. The fourth-order valence-corrected chi connectivity index (χ4v) is 3.58. The summed E-state index contributed by atoms with van der Waals surface area (Å²) in [6.45, 7) is 1.44. The van der Waals surface area contributed by atoms with Crippen LogP contribution in [0.25, 0.3) is 0 Å². The number of carbonyl (C=O) groups excluding carboxylic acids is 1. The van der Waals surface area contributed by atoms with E-state index in [1.165, 1.54) is 17.5 Å². The number of hydrogen-bond acceptors (Lipinski definition) is 6. The van der Waals surface area contributed by atoms with Gasteiger partial charge in [-0.1, -0.05) is 6.07 Å². The van der Waals surface area contributed by atoms with Crippen LogP contribution in [-0.4, -0.2) is 38.2 Å². The van der Waals surface area contributed by atoms with Crippen molar-refractivity contribution in [2.75, 3.05) is 6.54 Å². The molecule has 0 N–H and O–H groups in total. The van der Waals surface area contributed by atoms with Gasteiger partial charge in [0.25, 0.3) is 5.91 Å². The number of hydrogen-bond donors (Lipinski definition) is 0. The van der Waals surface area contributed by atoms with Gasteiger partial charge in [0.1, 0.15) is 12.2 Å². The summed E-state index contributed by atoms with van der Waals surface area (Å²) in [5, 5.41) is 15.1. The zero-order chi connectivity index (χ0) is 17.9. The fourth-order valence-electron chi connectivity index (χ4n) is 2.89. The van der Waals surface area contributed by atoms with Gasteiger partial charge >= 0.3 is 0 Å². The summed E-state index contributed by atoms with van der Waals surface area (Å²) in [5.74, 6) is 0.407. The number of aromatic nitrogens is 3. The van der Waals surface area contributed by atoms with E-state index in [1.54, 1.807) is 23.2 Å². The second-order valence-corrected chi connectivity index (χ2v) is 6.85. The molecule has 0 fully saturated rings. The van der Waals surface area contributed by atoms with Crippen LogP contribution in [0.4, 0.5) is 0 Å². The number of thiophene rings is 1. The van der Waals surface area contributed by atoms with Crippen molar-refractivity contribution in [1.82, 2.24) is 19.7 Å². The molecule has 4 rings (SSSR count). The van der Waals surface area contributed by atoms with Crippen LogP contribution in [0.1, 0.15) is 20.9 Å². The first-order chi connectivity index (χ1) is 12.7. The molecule has 130 valence electrons. The van der Waals surface area contributed by atoms with Crippen LogP contribution in [0.2, 0.25) is 0 Å². The van der Waals surface area contributed by atoms with Gasteiger partial charge in [0.05, 0.1) is 35.8 Å². The van der Waals surface area contributed by atoms with E-state index >= 15 is 0 Å². The summed E-state index contributed by atoms with van der Waals surface area (Å²) in [7, 11) is 0. The molecule has 4 heterocycles. The van der Waals surface area contributed by atoms with E-state index in [0.29, 0.717) is 36.0 Å². The average molecular weight is 365 g/mol. The highest BCUT2D eigenvalue weighted by molar-refractivity contribution is 7.12. The van der Waals surface area contributed by atoms with E-state index in [4.69, 9.17) is 10.00 Å². The lowest BCUT2D eigenvalue weighted by molar-refractivity contribution is 0.0649. The molecule has 8 heteroatoms. The molecule has 7 nitrogen and oxygen atoms in total. The van der Waals surface area contributed by atoms with Crippen molar-refractivity contribution < 1.29 is 9.53 Å². The standard InChI is InChI=1S/C18H15N5O2S/c19-8-13-3-4-17(20-9-13)25-15-11-22(18(24)16-2-1-7-26-16)10-14-5-6-21-23(14)12-15/h1-7,9,15H,10-12H2. The summed E-state index contributed by atoms with van der Waals surface area (Å²) < 4.78 is 7.84. The molecule has 1 atom stereocenters. The average Bonchev–Trinajstić information content (AvgIpc) is 3.31. The van der Waals surface area contributed by atoms with Gasteiger partial charge in [0.15, 0.2) is 0 Å². The van der Waals surface area contributed by atoms with Crippen molar-refractivity contribution in [2.45, 2.75) is 19.2 Å². The Morgan fingerprint density at radius 2 is 2.23 bits per heavy atom. The van der Waals surface area contributed by atoms with Crippen molar-refractivity contribution in [3.8, 4) is 11.9 Å². The zero-order valence-corrected chi connectivity index (χ0v) is 14.6. The lowest BCUT2D eigenvalue weighted by atomic mass is 10.3. The molecule has 26 heavy (non-hydrogen) atoms. The van der Waals surface area contributed by atoms with Crippen LogP contribution in [0.3, 0.4) is 0 Å². The largest absolute Gasteiger partial charge is 0.470 e. The number of nitrogens with zero attached hydrogens (tertiary/aromatic N) is 5. The number of amides is 1. The molecule has 1 aliphatic rings. The third kappa shape index (κ3) is 3.30. The number of fused-ring (bicyclic) bond motifs is 1. The van der Waals surface area contributed by atoms with Crippen molar-refractivity contribution in [1.29, 1.82) is 5.26 Å². The van der Waals surface area contributed by atoms with Crippen LogP contribution in [-0.2, 0) is 13.1 Å². The molecule has 0 spiro atoms. The molecule has 0 saturated heterocycles. The molecule has 3 aromatic rings. The molecule has 3 aromatic heterocycles. The molecular weight excluding hydrogens is 350 g/mol. The van der Waals surface area contributed by atoms with E-state index < -0.39 is 0 Å². The van der Waals surface area contributed by atoms with Gasteiger partial charge in [-0.25, -0.2) is 4.98 Å². The maximum atomic E-state index is 12.8. The van der Waals surface area contributed by atoms with Gasteiger partial charge in [-0.15, -0.1) is 11.3 Å². The summed E-state index contributed by atoms with van der Waals surface area (Å²) >= 11 is 1.43. The summed E-state index contributed by atoms with van der Waals surface area (Å²) in [6, 6.07) is 11.0.